The number of hydrogen-bond acceptors (Lipinski definition) is 8. The third-order valence-electron chi connectivity index (χ3n) is 7.14. The van der Waals surface area contributed by atoms with E-state index in [1.807, 2.05) is 56.3 Å². The molecular formula is C37H34N4O5S2. The smallest absolute Gasteiger partial charge is 0.272 e. The van der Waals surface area contributed by atoms with Crippen LogP contribution in [0.1, 0.15) is 27.7 Å². The zero-order valence-electron chi connectivity index (χ0n) is 26.8. The summed E-state index contributed by atoms with van der Waals surface area (Å²) < 4.78 is 10.8. The van der Waals surface area contributed by atoms with Gasteiger partial charge >= 0.3 is 0 Å². The van der Waals surface area contributed by atoms with Crippen LogP contribution in [0.25, 0.3) is 17.3 Å². The number of carbonyl (C=O) groups excluding carboxylic acids is 3. The fraction of sp³-hybridized carbons (Fsp3) is 0.135. The average Bonchev–Trinajstić information content (AvgIpc) is 3.48. The Morgan fingerprint density at radius 1 is 0.854 bits per heavy atom. The fourth-order valence-corrected chi connectivity index (χ4v) is 6.34. The predicted molar refractivity (Wildman–Crippen MR) is 193 cm³/mol. The molecular weight excluding hydrogens is 645 g/mol. The Morgan fingerprint density at radius 3 is 2.21 bits per heavy atom. The topological polar surface area (TPSA) is 119 Å². The van der Waals surface area contributed by atoms with Gasteiger partial charge in [-0.25, -0.2) is 4.98 Å². The molecule has 0 saturated carbocycles. The number of nitrogens with zero attached hydrogens (tertiary/aromatic N) is 1. The van der Waals surface area contributed by atoms with E-state index in [0.717, 1.165) is 21.0 Å². The summed E-state index contributed by atoms with van der Waals surface area (Å²) in [5, 5.41) is 8.68. The number of nitrogens with one attached hydrogen (secondary N) is 3. The maximum absolute atomic E-state index is 13.5. The Balaban J connectivity index is 1.26. The first kappa shape index (κ1) is 34.0. The Kier molecular flexibility index (Phi) is 11.3. The Hall–Kier alpha value is -5.39. The quantitative estimate of drug-likeness (QED) is 0.0916. The number of aromatic nitrogens is 1. The van der Waals surface area contributed by atoms with Crippen LogP contribution in [0.3, 0.4) is 0 Å². The van der Waals surface area contributed by atoms with E-state index in [1.165, 1.54) is 30.2 Å². The van der Waals surface area contributed by atoms with Crippen molar-refractivity contribution in [2.45, 2.75) is 24.0 Å². The molecule has 0 fully saturated rings. The molecule has 1 heterocycles. The molecule has 3 N–H and O–H groups in total. The van der Waals surface area contributed by atoms with Crippen molar-refractivity contribution in [3.8, 4) is 22.8 Å². The molecule has 1 atom stereocenters. The van der Waals surface area contributed by atoms with Gasteiger partial charge in [0.2, 0.25) is 5.91 Å². The van der Waals surface area contributed by atoms with Crippen molar-refractivity contribution in [1.29, 1.82) is 0 Å². The van der Waals surface area contributed by atoms with Crippen LogP contribution in [-0.4, -0.2) is 42.2 Å². The van der Waals surface area contributed by atoms with E-state index in [2.05, 4.69) is 20.9 Å². The van der Waals surface area contributed by atoms with Crippen molar-refractivity contribution in [3.05, 3.63) is 125 Å². The summed E-state index contributed by atoms with van der Waals surface area (Å²) in [7, 11) is 3.06. The molecule has 5 aromatic rings. The van der Waals surface area contributed by atoms with Crippen LogP contribution in [0.5, 0.6) is 11.5 Å². The molecule has 3 amide bonds. The summed E-state index contributed by atoms with van der Waals surface area (Å²) >= 11 is 2.83. The van der Waals surface area contributed by atoms with Gasteiger partial charge in [0.25, 0.3) is 11.8 Å². The number of ether oxygens (including phenoxy) is 2. The van der Waals surface area contributed by atoms with E-state index in [4.69, 9.17) is 9.47 Å². The maximum Gasteiger partial charge on any atom is 0.272 e. The first-order valence-corrected chi connectivity index (χ1v) is 16.7. The normalized spacial score (nSPS) is 11.7. The van der Waals surface area contributed by atoms with E-state index in [-0.39, 0.29) is 11.6 Å². The van der Waals surface area contributed by atoms with Crippen molar-refractivity contribution in [3.63, 3.8) is 0 Å². The molecule has 0 radical (unpaired) electrons. The molecule has 0 bridgehead atoms. The fourth-order valence-electron chi connectivity index (χ4n) is 4.63. The number of thioether (sulfide) groups is 1. The molecule has 0 aliphatic carbocycles. The highest BCUT2D eigenvalue weighted by atomic mass is 32.2. The Morgan fingerprint density at radius 2 is 1.54 bits per heavy atom. The van der Waals surface area contributed by atoms with Gasteiger partial charge in [-0.1, -0.05) is 48.5 Å². The van der Waals surface area contributed by atoms with Gasteiger partial charge in [-0.2, -0.15) is 0 Å². The summed E-state index contributed by atoms with van der Waals surface area (Å²) in [5.41, 5.74) is 3.36. The van der Waals surface area contributed by atoms with Crippen LogP contribution in [0, 0.1) is 6.92 Å². The van der Waals surface area contributed by atoms with E-state index in [9.17, 15) is 14.4 Å². The molecule has 48 heavy (non-hydrogen) atoms. The summed E-state index contributed by atoms with van der Waals surface area (Å²) in [6, 6.07) is 30.8. The van der Waals surface area contributed by atoms with E-state index in [1.54, 1.807) is 73.8 Å². The highest BCUT2D eigenvalue weighted by molar-refractivity contribution is 8.00. The Bertz CT molecular complexity index is 1930. The van der Waals surface area contributed by atoms with Gasteiger partial charge in [0.1, 0.15) is 17.2 Å². The summed E-state index contributed by atoms with van der Waals surface area (Å²) in [5.74, 6) is -0.0754. The minimum atomic E-state index is -0.529. The highest BCUT2D eigenvalue weighted by Gasteiger charge is 2.19. The second kappa shape index (κ2) is 15.9. The van der Waals surface area contributed by atoms with E-state index in [0.29, 0.717) is 33.4 Å². The van der Waals surface area contributed by atoms with Crippen molar-refractivity contribution in [1.82, 2.24) is 10.3 Å². The molecule has 0 aliphatic rings. The number of carbonyl (C=O) groups is 3. The molecule has 244 valence electrons. The monoisotopic (exact) mass is 678 g/mol. The number of methoxy groups -OCH3 is 2. The van der Waals surface area contributed by atoms with Crippen LogP contribution in [0.4, 0.5) is 10.8 Å². The molecule has 1 unspecified atom stereocenters. The third-order valence-corrected chi connectivity index (χ3v) is 9.14. The number of anilines is 2. The molecule has 0 saturated heterocycles. The van der Waals surface area contributed by atoms with Gasteiger partial charge in [0, 0.05) is 38.2 Å². The van der Waals surface area contributed by atoms with Crippen LogP contribution in [-0.2, 0) is 9.59 Å². The molecule has 11 heteroatoms. The largest absolute Gasteiger partial charge is 0.497 e. The Labute approximate surface area is 287 Å². The number of aryl methyl sites for hydroxylation is 1. The average molecular weight is 679 g/mol. The lowest BCUT2D eigenvalue weighted by molar-refractivity contribution is -0.115. The lowest BCUT2D eigenvalue weighted by Crippen LogP contribution is -2.30. The van der Waals surface area contributed by atoms with Crippen LogP contribution in [0.15, 0.2) is 114 Å². The van der Waals surface area contributed by atoms with E-state index >= 15 is 0 Å². The first-order valence-electron chi connectivity index (χ1n) is 15.0. The third kappa shape index (κ3) is 8.69. The van der Waals surface area contributed by atoms with E-state index < -0.39 is 17.1 Å². The lowest BCUT2D eigenvalue weighted by atomic mass is 10.1. The zero-order valence-corrected chi connectivity index (χ0v) is 28.4. The molecule has 0 spiro atoms. The number of benzene rings is 4. The van der Waals surface area contributed by atoms with Crippen molar-refractivity contribution >= 4 is 57.7 Å². The minimum Gasteiger partial charge on any atom is -0.497 e. The van der Waals surface area contributed by atoms with Gasteiger partial charge in [-0.3, -0.25) is 14.4 Å². The predicted octanol–water partition coefficient (Wildman–Crippen LogP) is 7.66. The summed E-state index contributed by atoms with van der Waals surface area (Å²) in [4.78, 5) is 46.1. The molecule has 0 aliphatic heterocycles. The molecule has 9 nitrogen and oxygen atoms in total. The van der Waals surface area contributed by atoms with Gasteiger partial charge in [-0.05, 0) is 68.5 Å². The van der Waals surface area contributed by atoms with Crippen molar-refractivity contribution in [2.24, 2.45) is 0 Å². The number of thiazole rings is 1. The van der Waals surface area contributed by atoms with Crippen LogP contribution in [0.2, 0.25) is 0 Å². The van der Waals surface area contributed by atoms with Gasteiger partial charge in [0.05, 0.1) is 25.2 Å². The summed E-state index contributed by atoms with van der Waals surface area (Å²) in [6.45, 7) is 3.81. The number of hydrogen-bond donors (Lipinski definition) is 3. The first-order chi connectivity index (χ1) is 23.2. The molecule has 1 aromatic heterocycles. The molecule has 5 rings (SSSR count). The second-order valence-electron chi connectivity index (χ2n) is 10.5. The maximum atomic E-state index is 13.5. The lowest BCUT2D eigenvalue weighted by Gasteiger charge is -2.14. The standard InChI is InChI=1S/C37H34N4O5S2/c1-23-33(25-11-7-5-8-12-25)40-37(48-23)41-34(42)24(2)47-30-19-16-28(17-20-30)38-36(44)31(39-35(43)26-13-9-6-10-14-26)21-27-15-18-29(45-3)22-32(27)46-4/h5-22,24H,1-4H3,(H,38,44)(H,39,43)(H,40,41,42)/b31-21-. The van der Waals surface area contributed by atoms with Crippen LogP contribution < -0.4 is 25.4 Å². The summed E-state index contributed by atoms with van der Waals surface area (Å²) in [6.07, 6.45) is 1.55. The minimum absolute atomic E-state index is 0.0175. The number of rotatable bonds is 12. The zero-order chi connectivity index (χ0) is 34.0. The molecule has 4 aromatic carbocycles. The van der Waals surface area contributed by atoms with Gasteiger partial charge in [-0.15, -0.1) is 23.1 Å². The second-order valence-corrected chi connectivity index (χ2v) is 13.1. The van der Waals surface area contributed by atoms with Gasteiger partial charge in [0.15, 0.2) is 5.13 Å². The van der Waals surface area contributed by atoms with Crippen molar-refractivity contribution < 1.29 is 23.9 Å². The number of amides is 3. The van der Waals surface area contributed by atoms with Gasteiger partial charge < -0.3 is 25.4 Å². The van der Waals surface area contributed by atoms with Crippen molar-refractivity contribution in [2.75, 3.05) is 24.9 Å². The highest BCUT2D eigenvalue weighted by Crippen LogP contribution is 2.32. The SMILES string of the molecule is COc1ccc(/C=C(\NC(=O)c2ccccc2)C(=O)Nc2ccc(SC(C)C(=O)Nc3nc(-c4ccccc4)c(C)s3)cc2)c(OC)c1. The van der Waals surface area contributed by atoms with Crippen LogP contribution >= 0.6 is 23.1 Å².